The van der Waals surface area contributed by atoms with E-state index in [1.54, 1.807) is 30.3 Å². The molecule has 5 rings (SSSR count). The van der Waals surface area contributed by atoms with Crippen LogP contribution in [0.1, 0.15) is 34.0 Å². The van der Waals surface area contributed by atoms with Gasteiger partial charge < -0.3 is 10.5 Å². The number of pyridine rings is 1. The molecule has 0 fully saturated rings. The molecule has 0 unspecified atom stereocenters. The lowest BCUT2D eigenvalue weighted by molar-refractivity contribution is 0.0998. The summed E-state index contributed by atoms with van der Waals surface area (Å²) in [5, 5.41) is 1.36. The van der Waals surface area contributed by atoms with Crippen molar-refractivity contribution in [3.8, 4) is 16.9 Å². The molecule has 1 aliphatic heterocycles. The van der Waals surface area contributed by atoms with Gasteiger partial charge in [-0.05, 0) is 54.4 Å². The van der Waals surface area contributed by atoms with Crippen LogP contribution in [0.15, 0.2) is 60.7 Å². The highest BCUT2D eigenvalue weighted by molar-refractivity contribution is 6.35. The van der Waals surface area contributed by atoms with Crippen molar-refractivity contribution >= 4 is 40.0 Å². The van der Waals surface area contributed by atoms with Crippen LogP contribution in [0, 0.1) is 5.82 Å². The fraction of sp³-hybridized carbons (Fsp3) is 0.120. The fourth-order valence-electron chi connectivity index (χ4n) is 4.29. The Bertz CT molecular complexity index is 1370. The Morgan fingerprint density at radius 3 is 2.56 bits per heavy atom. The maximum Gasteiger partial charge on any atom is 0.250 e. The number of ether oxygens (including phenoxy) is 1. The van der Waals surface area contributed by atoms with E-state index in [2.05, 4.69) is 0 Å². The van der Waals surface area contributed by atoms with Crippen LogP contribution in [0.4, 0.5) is 4.39 Å². The van der Waals surface area contributed by atoms with Crippen LogP contribution in [-0.2, 0) is 0 Å². The number of rotatable bonds is 3. The number of primary amides is 1. The highest BCUT2D eigenvalue weighted by atomic mass is 35.5. The molecule has 1 aliphatic rings. The molecular formula is C25H17Cl2FN2O2. The van der Waals surface area contributed by atoms with Crippen LogP contribution in [-0.4, -0.2) is 17.5 Å². The molecule has 4 nitrogen and oxygen atoms in total. The number of amides is 1. The average Bonchev–Trinajstić information content (AvgIpc) is 2.77. The van der Waals surface area contributed by atoms with Gasteiger partial charge >= 0.3 is 0 Å². The molecule has 2 heterocycles. The number of aromatic nitrogens is 1. The Morgan fingerprint density at radius 1 is 1.06 bits per heavy atom. The molecule has 0 spiro atoms. The monoisotopic (exact) mass is 466 g/mol. The summed E-state index contributed by atoms with van der Waals surface area (Å²) in [5.74, 6) is -0.531. The molecule has 1 amide bonds. The van der Waals surface area contributed by atoms with Crippen molar-refractivity contribution in [2.45, 2.75) is 12.3 Å². The van der Waals surface area contributed by atoms with Gasteiger partial charge in [0.05, 0.1) is 23.4 Å². The number of benzene rings is 3. The van der Waals surface area contributed by atoms with Crippen LogP contribution >= 0.6 is 23.2 Å². The molecular weight excluding hydrogens is 450 g/mol. The largest absolute Gasteiger partial charge is 0.493 e. The second-order valence-electron chi connectivity index (χ2n) is 7.67. The van der Waals surface area contributed by atoms with E-state index in [-0.39, 0.29) is 11.5 Å². The first kappa shape index (κ1) is 20.7. The average molecular weight is 467 g/mol. The van der Waals surface area contributed by atoms with Gasteiger partial charge in [-0.1, -0.05) is 41.4 Å². The lowest BCUT2D eigenvalue weighted by atomic mass is 9.86. The highest BCUT2D eigenvalue weighted by Gasteiger charge is 2.28. The number of halogens is 3. The predicted octanol–water partition coefficient (Wildman–Crippen LogP) is 6.36. The standard InChI is InChI=1S/C25H17Cl2FN2O2/c26-15-9-14(10-16(27)12-15)22-20(28)6-5-13-11-19(25(29)31)24(30-23(13)22)18-7-8-32-21-4-2-1-3-17(18)21/h1-6,9-12,18H,7-8H2,(H2,29,31)/t18-/m0/s1. The number of hydrogen-bond donors (Lipinski definition) is 1. The summed E-state index contributed by atoms with van der Waals surface area (Å²) in [5.41, 5.74) is 8.63. The van der Waals surface area contributed by atoms with Gasteiger partial charge in [0.2, 0.25) is 0 Å². The Labute approximate surface area is 193 Å². The van der Waals surface area contributed by atoms with Crippen LogP contribution in [0.2, 0.25) is 10.0 Å². The first-order valence-electron chi connectivity index (χ1n) is 10.0. The summed E-state index contributed by atoms with van der Waals surface area (Å²) in [6, 6.07) is 17.1. The van der Waals surface area contributed by atoms with Crippen molar-refractivity contribution in [1.29, 1.82) is 0 Å². The number of hydrogen-bond acceptors (Lipinski definition) is 3. The molecule has 7 heteroatoms. The third-order valence-electron chi connectivity index (χ3n) is 5.67. The highest BCUT2D eigenvalue weighted by Crippen LogP contribution is 2.41. The Balaban J connectivity index is 1.81. The van der Waals surface area contributed by atoms with Crippen LogP contribution < -0.4 is 10.5 Å². The van der Waals surface area contributed by atoms with Crippen molar-refractivity contribution in [1.82, 2.24) is 4.98 Å². The number of para-hydroxylation sites is 1. The van der Waals surface area contributed by atoms with Gasteiger partial charge in [-0.15, -0.1) is 0 Å². The van der Waals surface area contributed by atoms with Crippen molar-refractivity contribution in [3.05, 3.63) is 93.3 Å². The SMILES string of the molecule is NC(=O)c1cc2ccc(F)c(-c3cc(Cl)cc(Cl)c3)c2nc1[C@H]1CCOc2ccccc21. The first-order valence-corrected chi connectivity index (χ1v) is 10.8. The van der Waals surface area contributed by atoms with E-state index in [0.717, 1.165) is 11.3 Å². The molecule has 3 aromatic carbocycles. The van der Waals surface area contributed by atoms with Gasteiger partial charge in [0.15, 0.2) is 0 Å². The normalized spacial score (nSPS) is 15.3. The van der Waals surface area contributed by atoms with E-state index in [0.29, 0.717) is 50.8 Å². The molecule has 160 valence electrons. The van der Waals surface area contributed by atoms with Gasteiger partial charge in [0, 0.05) is 32.5 Å². The Hall–Kier alpha value is -3.15. The molecule has 1 atom stereocenters. The van der Waals surface area contributed by atoms with E-state index >= 15 is 4.39 Å². The quantitative estimate of drug-likeness (QED) is 0.381. The van der Waals surface area contributed by atoms with Gasteiger partial charge in [-0.2, -0.15) is 0 Å². The van der Waals surface area contributed by atoms with Crippen LogP contribution in [0.5, 0.6) is 5.75 Å². The zero-order valence-electron chi connectivity index (χ0n) is 16.7. The molecule has 1 aromatic heterocycles. The summed E-state index contributed by atoms with van der Waals surface area (Å²) in [6.07, 6.45) is 0.615. The van der Waals surface area contributed by atoms with Crippen LogP contribution in [0.25, 0.3) is 22.0 Å². The summed E-state index contributed by atoms with van der Waals surface area (Å²) in [7, 11) is 0. The Kier molecular flexibility index (Phi) is 5.24. The second-order valence-corrected chi connectivity index (χ2v) is 8.54. The fourth-order valence-corrected chi connectivity index (χ4v) is 4.82. The van der Waals surface area contributed by atoms with Crippen molar-refractivity contribution in [2.24, 2.45) is 5.73 Å². The van der Waals surface area contributed by atoms with Gasteiger partial charge in [-0.3, -0.25) is 9.78 Å². The third kappa shape index (κ3) is 3.57. The predicted molar refractivity (Wildman–Crippen MR) is 124 cm³/mol. The van der Waals surface area contributed by atoms with Crippen molar-refractivity contribution in [2.75, 3.05) is 6.61 Å². The number of carbonyl (C=O) groups is 1. The maximum absolute atomic E-state index is 15.1. The maximum atomic E-state index is 15.1. The minimum absolute atomic E-state index is 0.217. The summed E-state index contributed by atoms with van der Waals surface area (Å²) in [6.45, 7) is 0.472. The molecule has 0 saturated carbocycles. The summed E-state index contributed by atoms with van der Waals surface area (Å²) >= 11 is 12.4. The minimum atomic E-state index is -0.588. The van der Waals surface area contributed by atoms with E-state index in [1.807, 2.05) is 24.3 Å². The third-order valence-corrected chi connectivity index (χ3v) is 6.11. The molecule has 4 aromatic rings. The van der Waals surface area contributed by atoms with E-state index in [1.165, 1.54) is 6.07 Å². The van der Waals surface area contributed by atoms with Crippen molar-refractivity contribution < 1.29 is 13.9 Å². The van der Waals surface area contributed by atoms with E-state index < -0.39 is 11.7 Å². The molecule has 32 heavy (non-hydrogen) atoms. The zero-order chi connectivity index (χ0) is 22.4. The summed E-state index contributed by atoms with van der Waals surface area (Å²) in [4.78, 5) is 17.2. The number of nitrogens with zero attached hydrogens (tertiary/aromatic N) is 1. The van der Waals surface area contributed by atoms with E-state index in [4.69, 9.17) is 38.7 Å². The van der Waals surface area contributed by atoms with Gasteiger partial charge in [0.1, 0.15) is 11.6 Å². The topological polar surface area (TPSA) is 65.2 Å². The molecule has 2 N–H and O–H groups in total. The summed E-state index contributed by atoms with van der Waals surface area (Å²) < 4.78 is 20.9. The van der Waals surface area contributed by atoms with Gasteiger partial charge in [-0.25, -0.2) is 4.39 Å². The molecule has 0 aliphatic carbocycles. The lowest BCUT2D eigenvalue weighted by Crippen LogP contribution is -2.21. The molecule has 0 saturated heterocycles. The Morgan fingerprint density at radius 2 is 1.81 bits per heavy atom. The van der Waals surface area contributed by atoms with Crippen molar-refractivity contribution in [3.63, 3.8) is 0 Å². The smallest absolute Gasteiger partial charge is 0.250 e. The number of fused-ring (bicyclic) bond motifs is 2. The van der Waals surface area contributed by atoms with Gasteiger partial charge in [0.25, 0.3) is 5.91 Å². The van der Waals surface area contributed by atoms with E-state index in [9.17, 15) is 4.79 Å². The lowest BCUT2D eigenvalue weighted by Gasteiger charge is -2.27. The minimum Gasteiger partial charge on any atom is -0.493 e. The first-order chi connectivity index (χ1) is 15.4. The second kappa shape index (κ2) is 8.08. The molecule has 0 radical (unpaired) electrons. The number of carbonyl (C=O) groups excluding carboxylic acids is 1. The van der Waals surface area contributed by atoms with Crippen LogP contribution in [0.3, 0.4) is 0 Å². The number of nitrogens with two attached hydrogens (primary N) is 1. The zero-order valence-corrected chi connectivity index (χ0v) is 18.3. The molecule has 0 bridgehead atoms.